The monoisotopic (exact) mass is 285 g/mol. The number of nitrogens with zero attached hydrogens (tertiary/aromatic N) is 4. The van der Waals surface area contributed by atoms with Crippen LogP contribution in [0.25, 0.3) is 0 Å². The van der Waals surface area contributed by atoms with Gasteiger partial charge in [-0.3, -0.25) is 19.7 Å². The molecule has 1 unspecified atom stereocenters. The van der Waals surface area contributed by atoms with Crippen molar-refractivity contribution < 1.29 is 0 Å². The number of aromatic amines is 1. The van der Waals surface area contributed by atoms with Gasteiger partial charge in [-0.05, 0) is 26.3 Å². The van der Waals surface area contributed by atoms with E-state index in [0.29, 0.717) is 0 Å². The quantitative estimate of drug-likeness (QED) is 0.927. The fraction of sp³-hybridized carbons (Fsp3) is 0.467. The predicted octanol–water partition coefficient (Wildman–Crippen LogP) is 1.60. The van der Waals surface area contributed by atoms with E-state index in [9.17, 15) is 4.79 Å². The van der Waals surface area contributed by atoms with Crippen LogP contribution in [-0.4, -0.2) is 31.4 Å². The molecule has 0 bridgehead atoms. The lowest BCUT2D eigenvalue weighted by Crippen LogP contribution is -2.35. The van der Waals surface area contributed by atoms with Crippen LogP contribution < -0.4 is 5.56 Å². The van der Waals surface area contributed by atoms with Crippen molar-refractivity contribution in [1.82, 2.24) is 24.8 Å². The SMILES string of the molecule is Cc1cc(=O)[nH]c(C2CCCCN2Cc2cnccn2)n1. The molecule has 6 nitrogen and oxygen atoms in total. The molecule has 0 spiro atoms. The molecule has 1 fully saturated rings. The standard InChI is InChI=1S/C15H19N5O/c1-11-8-14(21)19-15(18-11)13-4-2-3-7-20(13)10-12-9-16-5-6-17-12/h5-6,8-9,13H,2-4,7,10H2,1H3,(H,18,19,21). The fourth-order valence-corrected chi connectivity index (χ4v) is 2.87. The Labute approximate surface area is 123 Å². The second-order valence-corrected chi connectivity index (χ2v) is 5.45. The molecule has 3 heterocycles. The molecule has 0 radical (unpaired) electrons. The molecule has 2 aromatic rings. The molecule has 110 valence electrons. The molecule has 1 aliphatic rings. The number of hydrogen-bond acceptors (Lipinski definition) is 5. The van der Waals surface area contributed by atoms with Gasteiger partial charge in [0.1, 0.15) is 5.82 Å². The highest BCUT2D eigenvalue weighted by molar-refractivity contribution is 5.06. The molecule has 0 aromatic carbocycles. The van der Waals surface area contributed by atoms with E-state index in [4.69, 9.17) is 0 Å². The first-order valence-corrected chi connectivity index (χ1v) is 7.29. The van der Waals surface area contributed by atoms with E-state index in [1.807, 2.05) is 6.92 Å². The molecule has 0 aliphatic carbocycles. The van der Waals surface area contributed by atoms with E-state index >= 15 is 0 Å². The number of rotatable bonds is 3. The van der Waals surface area contributed by atoms with E-state index in [1.165, 1.54) is 6.07 Å². The Bertz CT molecular complexity index is 655. The highest BCUT2D eigenvalue weighted by Gasteiger charge is 2.26. The van der Waals surface area contributed by atoms with Crippen LogP contribution >= 0.6 is 0 Å². The van der Waals surface area contributed by atoms with Crippen molar-refractivity contribution in [2.75, 3.05) is 6.54 Å². The van der Waals surface area contributed by atoms with E-state index < -0.39 is 0 Å². The average Bonchev–Trinajstić information content (AvgIpc) is 2.48. The third kappa shape index (κ3) is 3.33. The minimum atomic E-state index is -0.0810. The van der Waals surface area contributed by atoms with Gasteiger partial charge in [0.15, 0.2) is 0 Å². The fourth-order valence-electron chi connectivity index (χ4n) is 2.87. The number of aryl methyl sites for hydroxylation is 1. The number of piperidine rings is 1. The van der Waals surface area contributed by atoms with Crippen LogP contribution in [0.5, 0.6) is 0 Å². The van der Waals surface area contributed by atoms with Crippen molar-refractivity contribution in [3.05, 3.63) is 52.2 Å². The number of nitrogens with one attached hydrogen (secondary N) is 1. The summed E-state index contributed by atoms with van der Waals surface area (Å²) in [5.41, 5.74) is 1.63. The van der Waals surface area contributed by atoms with Gasteiger partial charge in [-0.2, -0.15) is 0 Å². The summed E-state index contributed by atoms with van der Waals surface area (Å²) in [5, 5.41) is 0. The largest absolute Gasteiger partial charge is 0.309 e. The van der Waals surface area contributed by atoms with Crippen LogP contribution in [0.1, 0.15) is 42.5 Å². The van der Waals surface area contributed by atoms with Gasteiger partial charge < -0.3 is 4.98 Å². The Balaban J connectivity index is 1.85. The van der Waals surface area contributed by atoms with Gasteiger partial charge in [-0.15, -0.1) is 0 Å². The normalized spacial score (nSPS) is 19.6. The lowest BCUT2D eigenvalue weighted by molar-refractivity contribution is 0.131. The maximum absolute atomic E-state index is 11.7. The van der Waals surface area contributed by atoms with Gasteiger partial charge in [-0.25, -0.2) is 4.98 Å². The zero-order valence-corrected chi connectivity index (χ0v) is 12.1. The first-order chi connectivity index (χ1) is 10.2. The Morgan fingerprint density at radius 2 is 2.29 bits per heavy atom. The van der Waals surface area contributed by atoms with Crippen molar-refractivity contribution in [3.63, 3.8) is 0 Å². The smallest absolute Gasteiger partial charge is 0.251 e. The summed E-state index contributed by atoms with van der Waals surface area (Å²) in [6, 6.07) is 1.67. The molecule has 1 saturated heterocycles. The number of aromatic nitrogens is 4. The summed E-state index contributed by atoms with van der Waals surface area (Å²) in [6.07, 6.45) is 8.49. The van der Waals surface area contributed by atoms with Crippen molar-refractivity contribution in [2.45, 2.75) is 38.8 Å². The summed E-state index contributed by atoms with van der Waals surface area (Å²) >= 11 is 0. The van der Waals surface area contributed by atoms with Crippen molar-refractivity contribution >= 4 is 0 Å². The number of H-pyrrole nitrogens is 1. The van der Waals surface area contributed by atoms with Gasteiger partial charge in [0, 0.05) is 36.9 Å². The van der Waals surface area contributed by atoms with Crippen molar-refractivity contribution in [2.24, 2.45) is 0 Å². The van der Waals surface area contributed by atoms with Crippen LogP contribution in [0, 0.1) is 6.92 Å². The average molecular weight is 285 g/mol. The summed E-state index contributed by atoms with van der Waals surface area (Å²) in [5.74, 6) is 0.767. The molecule has 2 aromatic heterocycles. The van der Waals surface area contributed by atoms with E-state index in [0.717, 1.165) is 49.6 Å². The minimum absolute atomic E-state index is 0.0810. The van der Waals surface area contributed by atoms with E-state index in [-0.39, 0.29) is 11.6 Å². The van der Waals surface area contributed by atoms with Gasteiger partial charge in [0.25, 0.3) is 5.56 Å². The van der Waals surface area contributed by atoms with E-state index in [2.05, 4.69) is 24.8 Å². The second-order valence-electron chi connectivity index (χ2n) is 5.45. The molecule has 0 saturated carbocycles. The molecule has 3 rings (SSSR count). The molecular formula is C15H19N5O. The highest BCUT2D eigenvalue weighted by atomic mass is 16.1. The van der Waals surface area contributed by atoms with Gasteiger partial charge in [0.2, 0.25) is 0 Å². The number of hydrogen-bond donors (Lipinski definition) is 1. The molecule has 6 heteroatoms. The molecular weight excluding hydrogens is 266 g/mol. The van der Waals surface area contributed by atoms with Gasteiger partial charge in [0.05, 0.1) is 11.7 Å². The topological polar surface area (TPSA) is 74.8 Å². The first kappa shape index (κ1) is 13.9. The lowest BCUT2D eigenvalue weighted by atomic mass is 10.0. The Hall–Kier alpha value is -2.08. The second kappa shape index (κ2) is 6.13. The van der Waals surface area contributed by atoms with Crippen LogP contribution in [-0.2, 0) is 6.54 Å². The number of likely N-dealkylation sites (tertiary alicyclic amines) is 1. The van der Waals surface area contributed by atoms with Crippen LogP contribution in [0.2, 0.25) is 0 Å². The maximum Gasteiger partial charge on any atom is 0.251 e. The molecule has 1 N–H and O–H groups in total. The highest BCUT2D eigenvalue weighted by Crippen LogP contribution is 2.29. The van der Waals surface area contributed by atoms with E-state index in [1.54, 1.807) is 18.6 Å². The Morgan fingerprint density at radius 1 is 1.38 bits per heavy atom. The van der Waals surface area contributed by atoms with Crippen LogP contribution in [0.4, 0.5) is 0 Å². The van der Waals surface area contributed by atoms with Gasteiger partial charge in [-0.1, -0.05) is 6.42 Å². The minimum Gasteiger partial charge on any atom is -0.309 e. The maximum atomic E-state index is 11.7. The molecule has 1 atom stereocenters. The molecule has 0 amide bonds. The lowest BCUT2D eigenvalue weighted by Gasteiger charge is -2.34. The Kier molecular flexibility index (Phi) is 4.06. The summed E-state index contributed by atoms with van der Waals surface area (Å²) < 4.78 is 0. The third-order valence-electron chi connectivity index (χ3n) is 3.80. The summed E-state index contributed by atoms with van der Waals surface area (Å²) in [7, 11) is 0. The zero-order chi connectivity index (χ0) is 14.7. The molecule has 21 heavy (non-hydrogen) atoms. The van der Waals surface area contributed by atoms with Crippen LogP contribution in [0.15, 0.2) is 29.5 Å². The summed E-state index contributed by atoms with van der Waals surface area (Å²) in [4.78, 5) is 29.9. The first-order valence-electron chi connectivity index (χ1n) is 7.29. The van der Waals surface area contributed by atoms with Crippen LogP contribution in [0.3, 0.4) is 0 Å². The summed E-state index contributed by atoms with van der Waals surface area (Å²) in [6.45, 7) is 3.57. The van der Waals surface area contributed by atoms with Crippen molar-refractivity contribution in [3.8, 4) is 0 Å². The molecule has 1 aliphatic heterocycles. The van der Waals surface area contributed by atoms with Gasteiger partial charge >= 0.3 is 0 Å². The van der Waals surface area contributed by atoms with Crippen molar-refractivity contribution in [1.29, 1.82) is 0 Å². The predicted molar refractivity (Wildman–Crippen MR) is 78.6 cm³/mol. The zero-order valence-electron chi connectivity index (χ0n) is 12.1. The Morgan fingerprint density at radius 3 is 3.05 bits per heavy atom. The third-order valence-corrected chi connectivity index (χ3v) is 3.80.